The van der Waals surface area contributed by atoms with E-state index in [1.165, 1.54) is 47.1 Å². The lowest BCUT2D eigenvalue weighted by molar-refractivity contribution is -0.125. The number of ether oxygens (including phenoxy) is 3. The van der Waals surface area contributed by atoms with Crippen LogP contribution >= 0.6 is 70.0 Å². The number of thiophene rings is 1. The Balaban J connectivity index is 1.58. The monoisotopic (exact) mass is 862 g/mol. The lowest BCUT2D eigenvalue weighted by Crippen LogP contribution is -2.39. The number of anilines is 2. The Hall–Kier alpha value is -1.77. The number of H-pyrrole nitrogens is 1. The lowest BCUT2D eigenvalue weighted by Gasteiger charge is -2.23. The van der Waals surface area contributed by atoms with Gasteiger partial charge in [0.2, 0.25) is 5.91 Å². The normalized spacial score (nSPS) is 22.7. The van der Waals surface area contributed by atoms with Crippen LogP contribution in [0.3, 0.4) is 0 Å². The summed E-state index contributed by atoms with van der Waals surface area (Å²) in [5, 5.41) is 4.03. The molecule has 28 heteroatoms. The summed E-state index contributed by atoms with van der Waals surface area (Å²) in [6.07, 6.45) is -3.75. The molecule has 3 aromatic heterocycles. The lowest BCUT2D eigenvalue weighted by atomic mass is 10.1. The number of phosphoric ester groups is 1. The van der Waals surface area contributed by atoms with Gasteiger partial charge in [-0.25, -0.2) is 28.5 Å². The standard InChI is InChI=1S/C18H22IN6O16P3S2/c1-35-17(27)13-7(2-3-46-13)22-9(26)5-36-11-8(4-37-43(31,32)41-44(33,34)40-42(28,29)30)38-16(12(11)39-19)25-6-21-10-14(25)23-18(20)24-15(10)45/h2-3,6,8,11-12,16H,4-5H2,1H3,(H,22,26)(H,31,32)(H,33,34)(H2,28,29,30)(H3,20,23,24,45). The van der Waals surface area contributed by atoms with Crippen molar-refractivity contribution in [1.29, 1.82) is 0 Å². The Kier molecular flexibility index (Phi) is 11.9. The van der Waals surface area contributed by atoms with Gasteiger partial charge in [-0.05, 0) is 11.4 Å². The van der Waals surface area contributed by atoms with Gasteiger partial charge >= 0.3 is 29.4 Å². The van der Waals surface area contributed by atoms with Crippen LogP contribution < -0.4 is 11.1 Å². The summed E-state index contributed by atoms with van der Waals surface area (Å²) >= 11 is 7.72. The first-order valence-corrected chi connectivity index (χ1v) is 18.6. The van der Waals surface area contributed by atoms with Crippen molar-refractivity contribution < 1.29 is 73.3 Å². The second-order valence-corrected chi connectivity index (χ2v) is 15.0. The number of esters is 1. The minimum Gasteiger partial charge on any atom is -0.465 e. The molecule has 1 aliphatic rings. The number of halogens is 1. The molecule has 22 nitrogen and oxygen atoms in total. The molecular formula is C18H22IN6O16P3S2. The van der Waals surface area contributed by atoms with Gasteiger partial charge in [-0.15, -0.1) is 11.3 Å². The fourth-order valence-corrected chi connectivity index (χ4v) is 8.58. The van der Waals surface area contributed by atoms with Crippen molar-refractivity contribution in [1.82, 2.24) is 19.5 Å². The molecule has 4 heterocycles. The highest BCUT2D eigenvalue weighted by atomic mass is 127. The largest absolute Gasteiger partial charge is 0.490 e. The van der Waals surface area contributed by atoms with Crippen LogP contribution in [0.15, 0.2) is 17.8 Å². The molecule has 0 saturated carbocycles. The molecule has 6 atom stereocenters. The van der Waals surface area contributed by atoms with E-state index in [2.05, 4.69) is 33.6 Å². The third-order valence-corrected chi connectivity index (χ3v) is 11.2. The molecular weight excluding hydrogens is 840 g/mol. The number of nitrogens with one attached hydrogen (secondary N) is 2. The number of fused-ring (bicyclic) bond motifs is 1. The van der Waals surface area contributed by atoms with Gasteiger partial charge in [0.15, 0.2) is 16.8 Å². The van der Waals surface area contributed by atoms with Crippen molar-refractivity contribution in [3.05, 3.63) is 27.3 Å². The molecule has 4 rings (SSSR count). The summed E-state index contributed by atoms with van der Waals surface area (Å²) in [5.74, 6) is -1.51. The topological polar surface area (TPSA) is 315 Å². The summed E-state index contributed by atoms with van der Waals surface area (Å²) < 4.78 is 70.7. The van der Waals surface area contributed by atoms with E-state index in [0.29, 0.717) is 0 Å². The molecule has 0 aromatic carbocycles. The zero-order valence-corrected chi connectivity index (χ0v) is 29.1. The first kappa shape index (κ1) is 37.1. The molecule has 6 unspecified atom stereocenters. The van der Waals surface area contributed by atoms with E-state index in [-0.39, 0.29) is 32.3 Å². The van der Waals surface area contributed by atoms with Crippen LogP contribution in [-0.4, -0.2) is 89.6 Å². The maximum absolute atomic E-state index is 12.8. The highest BCUT2D eigenvalue weighted by Gasteiger charge is 2.50. The third-order valence-electron chi connectivity index (χ3n) is 5.66. The third kappa shape index (κ3) is 9.22. The molecule has 0 spiro atoms. The zero-order valence-electron chi connectivity index (χ0n) is 22.6. The number of phosphoric acid groups is 3. The van der Waals surface area contributed by atoms with Gasteiger partial charge in [-0.2, -0.15) is 8.62 Å². The number of carbonyl (C=O) groups excluding carboxylic acids is 2. The number of carbonyl (C=O) groups is 2. The molecule has 46 heavy (non-hydrogen) atoms. The zero-order chi connectivity index (χ0) is 34.0. The fraction of sp³-hybridized carbons (Fsp3) is 0.389. The van der Waals surface area contributed by atoms with E-state index in [4.69, 9.17) is 44.8 Å². The Morgan fingerprint density at radius 1 is 1.22 bits per heavy atom. The van der Waals surface area contributed by atoms with E-state index in [9.17, 15) is 33.1 Å². The number of nitrogens with two attached hydrogens (primary N) is 1. The van der Waals surface area contributed by atoms with Crippen LogP contribution in [0.5, 0.6) is 0 Å². The van der Waals surface area contributed by atoms with Crippen molar-refractivity contribution in [2.45, 2.75) is 24.5 Å². The van der Waals surface area contributed by atoms with E-state index in [1.54, 1.807) is 5.38 Å². The quantitative estimate of drug-likeness (QED) is 0.0527. The highest BCUT2D eigenvalue weighted by Crippen LogP contribution is 2.66. The van der Waals surface area contributed by atoms with Gasteiger partial charge in [0.25, 0.3) is 0 Å². The van der Waals surface area contributed by atoms with E-state index >= 15 is 0 Å². The van der Waals surface area contributed by atoms with Crippen molar-refractivity contribution >= 4 is 105 Å². The number of imidazole rings is 1. The van der Waals surface area contributed by atoms with Crippen LogP contribution in [0.25, 0.3) is 11.2 Å². The molecule has 254 valence electrons. The SMILES string of the molecule is COC(=O)c1sccc1NC(=O)COC1C(COP(=O)(O)OP(=O)(O)OP(=O)(O)O)OC(n2cnc3c(=S)nc(N)[nH]c32)C1OI. The molecule has 0 radical (unpaired) electrons. The highest BCUT2D eigenvalue weighted by molar-refractivity contribution is 14.1. The number of hydrogen-bond donors (Lipinski definition) is 7. The molecule has 0 aliphatic carbocycles. The molecule has 1 fully saturated rings. The van der Waals surface area contributed by atoms with Gasteiger partial charge in [0, 0.05) is 0 Å². The average Bonchev–Trinajstić information content (AvgIpc) is 3.65. The van der Waals surface area contributed by atoms with Gasteiger partial charge in [0.1, 0.15) is 64.0 Å². The van der Waals surface area contributed by atoms with Crippen molar-refractivity contribution in [3.8, 4) is 0 Å². The van der Waals surface area contributed by atoms with Crippen LogP contribution in [0.1, 0.15) is 15.9 Å². The predicted molar refractivity (Wildman–Crippen MR) is 164 cm³/mol. The van der Waals surface area contributed by atoms with E-state index < -0.39 is 73.1 Å². The summed E-state index contributed by atoms with van der Waals surface area (Å²) in [7, 11) is -15.9. The minimum atomic E-state index is -5.81. The van der Waals surface area contributed by atoms with Crippen LogP contribution in [-0.2, 0) is 48.9 Å². The summed E-state index contributed by atoms with van der Waals surface area (Å²) in [5.41, 5.74) is 6.37. The number of aromatic nitrogens is 4. The van der Waals surface area contributed by atoms with E-state index in [1.807, 2.05) is 0 Å². The van der Waals surface area contributed by atoms with Crippen LogP contribution in [0, 0.1) is 4.64 Å². The molecule has 0 bridgehead atoms. The number of rotatable bonds is 14. The van der Waals surface area contributed by atoms with Gasteiger partial charge in [-0.1, -0.05) is 12.2 Å². The number of nitrogen functional groups attached to an aromatic ring is 1. The number of nitrogens with zero attached hydrogens (tertiary/aromatic N) is 3. The summed E-state index contributed by atoms with van der Waals surface area (Å²) in [6, 6.07) is 1.46. The maximum Gasteiger partial charge on any atom is 0.490 e. The fourth-order valence-electron chi connectivity index (χ4n) is 4.00. The first-order valence-electron chi connectivity index (χ1n) is 11.9. The Morgan fingerprint density at radius 3 is 2.59 bits per heavy atom. The predicted octanol–water partition coefficient (Wildman–Crippen LogP) is 1.92. The number of hydrogen-bond acceptors (Lipinski definition) is 17. The van der Waals surface area contributed by atoms with Gasteiger partial charge in [-0.3, -0.25) is 13.9 Å². The van der Waals surface area contributed by atoms with Gasteiger partial charge < -0.3 is 52.9 Å². The first-order chi connectivity index (χ1) is 21.4. The van der Waals surface area contributed by atoms with Gasteiger partial charge in [0.05, 0.1) is 25.7 Å². The number of methoxy groups -OCH3 is 1. The second kappa shape index (κ2) is 14.8. The number of aromatic amines is 1. The smallest absolute Gasteiger partial charge is 0.465 e. The maximum atomic E-state index is 12.8. The van der Waals surface area contributed by atoms with Crippen molar-refractivity contribution in [2.24, 2.45) is 0 Å². The molecule has 1 saturated heterocycles. The average molecular weight is 862 g/mol. The van der Waals surface area contributed by atoms with Crippen molar-refractivity contribution in [2.75, 3.05) is 31.4 Å². The van der Waals surface area contributed by atoms with Crippen LogP contribution in [0.2, 0.25) is 0 Å². The molecule has 1 aliphatic heterocycles. The summed E-state index contributed by atoms with van der Waals surface area (Å²) in [4.78, 5) is 72.7. The molecule has 3 aromatic rings. The van der Waals surface area contributed by atoms with E-state index in [0.717, 1.165) is 11.3 Å². The second-order valence-electron chi connectivity index (χ2n) is 8.76. The minimum absolute atomic E-state index is 0.0448. The number of amides is 1. The van der Waals surface area contributed by atoms with Crippen LogP contribution in [0.4, 0.5) is 11.6 Å². The molecule has 1 amide bonds. The molecule has 8 N–H and O–H groups in total. The Bertz CT molecular complexity index is 1820. The summed E-state index contributed by atoms with van der Waals surface area (Å²) in [6.45, 7) is -1.64. The Morgan fingerprint density at radius 2 is 1.93 bits per heavy atom. The Labute approximate surface area is 279 Å². The van der Waals surface area contributed by atoms with Crippen molar-refractivity contribution in [3.63, 3.8) is 0 Å².